The summed E-state index contributed by atoms with van der Waals surface area (Å²) >= 11 is 12.6. The number of fused-ring (bicyclic) bond motifs is 1. The Kier molecular flexibility index (Phi) is 5.15. The van der Waals surface area contributed by atoms with Crippen LogP contribution in [-0.2, 0) is 0 Å². The molecular weight excluding hydrogens is 447 g/mol. The summed E-state index contributed by atoms with van der Waals surface area (Å²) in [6.45, 7) is 3.97. The van der Waals surface area contributed by atoms with E-state index in [-0.39, 0.29) is 6.04 Å². The van der Waals surface area contributed by atoms with Crippen LogP contribution in [0.3, 0.4) is 0 Å². The normalized spacial score (nSPS) is 15.5. The van der Waals surface area contributed by atoms with Gasteiger partial charge in [0.05, 0.1) is 22.8 Å². The number of anilines is 1. The third-order valence-corrected chi connectivity index (χ3v) is 6.16. The summed E-state index contributed by atoms with van der Waals surface area (Å²) in [6, 6.07) is 15.0. The SMILES string of the molecule is COc1ccccc1-n1cnc(C2=C(C)Nc3cc(C)nn3[C@@H]2c2ccc(Cl)c(Cl)c2)n1. The molecule has 0 unspecified atom stereocenters. The minimum atomic E-state index is -0.275. The smallest absolute Gasteiger partial charge is 0.181 e. The van der Waals surface area contributed by atoms with Crippen LogP contribution in [0.25, 0.3) is 11.3 Å². The summed E-state index contributed by atoms with van der Waals surface area (Å²) in [4.78, 5) is 4.64. The van der Waals surface area contributed by atoms with Crippen LogP contribution in [0.2, 0.25) is 10.0 Å². The first-order chi connectivity index (χ1) is 15.5. The molecule has 1 aliphatic rings. The number of halogens is 2. The topological polar surface area (TPSA) is 69.8 Å². The van der Waals surface area contributed by atoms with E-state index in [1.54, 1.807) is 24.2 Å². The Bertz CT molecular complexity index is 1360. The van der Waals surface area contributed by atoms with E-state index in [4.69, 9.17) is 38.1 Å². The molecule has 0 bridgehead atoms. The highest BCUT2D eigenvalue weighted by Gasteiger charge is 2.32. The van der Waals surface area contributed by atoms with E-state index in [1.165, 1.54) is 0 Å². The van der Waals surface area contributed by atoms with Crippen LogP contribution in [0.15, 0.2) is 60.6 Å². The van der Waals surface area contributed by atoms with Crippen LogP contribution in [0.5, 0.6) is 5.75 Å². The van der Waals surface area contributed by atoms with Crippen molar-refractivity contribution in [2.75, 3.05) is 12.4 Å². The molecule has 7 nitrogen and oxygen atoms in total. The number of benzene rings is 2. The zero-order chi connectivity index (χ0) is 22.4. The number of para-hydroxylation sites is 2. The Hall–Kier alpha value is -3.29. The fraction of sp³-hybridized carbons (Fsp3) is 0.174. The summed E-state index contributed by atoms with van der Waals surface area (Å²) in [7, 11) is 1.64. The highest BCUT2D eigenvalue weighted by molar-refractivity contribution is 6.42. The maximum absolute atomic E-state index is 6.37. The molecule has 32 heavy (non-hydrogen) atoms. The molecule has 5 rings (SSSR count). The number of rotatable bonds is 4. The predicted molar refractivity (Wildman–Crippen MR) is 126 cm³/mol. The van der Waals surface area contributed by atoms with Crippen LogP contribution in [0, 0.1) is 6.92 Å². The highest BCUT2D eigenvalue weighted by atomic mass is 35.5. The first kappa shape index (κ1) is 20.6. The van der Waals surface area contributed by atoms with Crippen molar-refractivity contribution in [3.05, 3.63) is 87.7 Å². The van der Waals surface area contributed by atoms with E-state index in [1.807, 2.05) is 61.0 Å². The molecule has 1 N–H and O–H groups in total. The van der Waals surface area contributed by atoms with E-state index in [2.05, 4.69) is 10.3 Å². The van der Waals surface area contributed by atoms with Gasteiger partial charge >= 0.3 is 0 Å². The van der Waals surface area contributed by atoms with Crippen LogP contribution in [-0.4, -0.2) is 31.7 Å². The summed E-state index contributed by atoms with van der Waals surface area (Å²) in [5.74, 6) is 2.18. The second kappa shape index (κ2) is 8.00. The lowest BCUT2D eigenvalue weighted by atomic mass is 9.95. The van der Waals surface area contributed by atoms with Gasteiger partial charge in [-0.05, 0) is 43.7 Å². The molecule has 0 spiro atoms. The van der Waals surface area contributed by atoms with Crippen LogP contribution in [0.4, 0.5) is 5.82 Å². The Balaban J connectivity index is 1.66. The van der Waals surface area contributed by atoms with Gasteiger partial charge in [-0.3, -0.25) is 0 Å². The second-order valence-corrected chi connectivity index (χ2v) is 8.35. The van der Waals surface area contributed by atoms with Crippen molar-refractivity contribution in [2.24, 2.45) is 0 Å². The molecular formula is C23H20Cl2N6O. The van der Waals surface area contributed by atoms with Gasteiger partial charge in [0.2, 0.25) is 0 Å². The van der Waals surface area contributed by atoms with Crippen LogP contribution >= 0.6 is 23.2 Å². The molecule has 0 saturated carbocycles. The lowest BCUT2D eigenvalue weighted by Crippen LogP contribution is -2.24. The molecule has 1 aliphatic heterocycles. The first-order valence-electron chi connectivity index (χ1n) is 10.0. The van der Waals surface area contributed by atoms with Crippen molar-refractivity contribution in [1.29, 1.82) is 0 Å². The van der Waals surface area contributed by atoms with Gasteiger partial charge < -0.3 is 10.1 Å². The summed E-state index contributed by atoms with van der Waals surface area (Å²) in [6.07, 6.45) is 1.68. The summed E-state index contributed by atoms with van der Waals surface area (Å²) < 4.78 is 9.13. The zero-order valence-electron chi connectivity index (χ0n) is 17.7. The number of aryl methyl sites for hydroxylation is 1. The number of ether oxygens (including phenoxy) is 1. The van der Waals surface area contributed by atoms with Gasteiger partial charge in [-0.1, -0.05) is 41.4 Å². The van der Waals surface area contributed by atoms with Gasteiger partial charge in [-0.25, -0.2) is 14.3 Å². The van der Waals surface area contributed by atoms with Crippen molar-refractivity contribution >= 4 is 34.6 Å². The van der Waals surface area contributed by atoms with Gasteiger partial charge in [-0.2, -0.15) is 5.10 Å². The van der Waals surface area contributed by atoms with Gasteiger partial charge in [0.25, 0.3) is 0 Å². The molecule has 9 heteroatoms. The van der Waals surface area contributed by atoms with Gasteiger partial charge in [0.1, 0.15) is 29.6 Å². The predicted octanol–water partition coefficient (Wildman–Crippen LogP) is 5.53. The number of methoxy groups -OCH3 is 1. The average molecular weight is 467 g/mol. The number of nitrogens with one attached hydrogen (secondary N) is 1. The number of hydrogen-bond donors (Lipinski definition) is 1. The third kappa shape index (κ3) is 3.43. The third-order valence-electron chi connectivity index (χ3n) is 5.42. The fourth-order valence-corrected chi connectivity index (χ4v) is 4.30. The Morgan fingerprint density at radius 1 is 1.00 bits per heavy atom. The lowest BCUT2D eigenvalue weighted by molar-refractivity contribution is 0.411. The second-order valence-electron chi connectivity index (χ2n) is 7.54. The molecule has 0 radical (unpaired) electrons. The number of aromatic nitrogens is 5. The highest BCUT2D eigenvalue weighted by Crippen LogP contribution is 2.41. The molecule has 2 aromatic heterocycles. The van der Waals surface area contributed by atoms with E-state index in [9.17, 15) is 0 Å². The van der Waals surface area contributed by atoms with Crippen molar-refractivity contribution in [3.8, 4) is 11.4 Å². The minimum absolute atomic E-state index is 0.275. The molecule has 3 heterocycles. The minimum Gasteiger partial charge on any atom is -0.494 e. The van der Waals surface area contributed by atoms with Crippen molar-refractivity contribution in [1.82, 2.24) is 24.5 Å². The van der Waals surface area contributed by atoms with Gasteiger partial charge in [0.15, 0.2) is 5.82 Å². The average Bonchev–Trinajstić information content (AvgIpc) is 3.40. The molecule has 0 fully saturated rings. The molecule has 0 saturated heterocycles. The van der Waals surface area contributed by atoms with E-state index < -0.39 is 0 Å². The molecule has 1 atom stereocenters. The Morgan fingerprint density at radius 3 is 2.59 bits per heavy atom. The lowest BCUT2D eigenvalue weighted by Gasteiger charge is -2.29. The zero-order valence-corrected chi connectivity index (χ0v) is 19.2. The molecule has 162 valence electrons. The maximum atomic E-state index is 6.37. The summed E-state index contributed by atoms with van der Waals surface area (Å²) in [5.41, 5.74) is 4.48. The standard InChI is InChI=1S/C23H20Cl2N6O/c1-13-10-20-27-14(2)21(22(31(20)28-13)15-8-9-16(24)17(25)11-15)23-26-12-30(29-23)18-6-4-5-7-19(18)32-3/h4-12,22,27H,1-3H3/t22-/m1/s1. The molecule has 4 aromatic rings. The van der Waals surface area contributed by atoms with Gasteiger partial charge in [-0.15, -0.1) is 5.10 Å². The van der Waals surface area contributed by atoms with E-state index >= 15 is 0 Å². The first-order valence-corrected chi connectivity index (χ1v) is 10.8. The van der Waals surface area contributed by atoms with E-state index in [0.29, 0.717) is 21.6 Å². The van der Waals surface area contributed by atoms with Crippen molar-refractivity contribution in [3.63, 3.8) is 0 Å². The number of allylic oxidation sites excluding steroid dienone is 2. The van der Waals surface area contributed by atoms with Crippen LogP contribution < -0.4 is 10.1 Å². The van der Waals surface area contributed by atoms with Gasteiger partial charge in [0, 0.05) is 17.3 Å². The van der Waals surface area contributed by atoms with Crippen molar-refractivity contribution in [2.45, 2.75) is 19.9 Å². The monoisotopic (exact) mass is 466 g/mol. The Morgan fingerprint density at radius 2 is 1.81 bits per heavy atom. The molecule has 0 amide bonds. The van der Waals surface area contributed by atoms with Crippen molar-refractivity contribution < 1.29 is 4.74 Å². The largest absolute Gasteiger partial charge is 0.494 e. The van der Waals surface area contributed by atoms with Crippen LogP contribution in [0.1, 0.15) is 30.0 Å². The fourth-order valence-electron chi connectivity index (χ4n) is 4.00. The number of hydrogen-bond acceptors (Lipinski definition) is 5. The Labute approximate surface area is 195 Å². The maximum Gasteiger partial charge on any atom is 0.181 e. The summed E-state index contributed by atoms with van der Waals surface area (Å²) in [5, 5.41) is 13.9. The number of nitrogens with zero attached hydrogens (tertiary/aromatic N) is 5. The molecule has 2 aromatic carbocycles. The quantitative estimate of drug-likeness (QED) is 0.427. The van der Waals surface area contributed by atoms with E-state index in [0.717, 1.165) is 34.0 Å². The molecule has 0 aliphatic carbocycles.